The lowest BCUT2D eigenvalue weighted by atomic mass is 10.2. The number of hydrogen-bond acceptors (Lipinski definition) is 7. The van der Waals surface area contributed by atoms with E-state index in [1.165, 1.54) is 7.11 Å². The molecule has 1 aromatic rings. The van der Waals surface area contributed by atoms with Crippen LogP contribution < -0.4 is 9.47 Å². The van der Waals surface area contributed by atoms with Gasteiger partial charge in [0.15, 0.2) is 11.5 Å². The van der Waals surface area contributed by atoms with Gasteiger partial charge in [-0.2, -0.15) is 0 Å². The molecule has 0 aromatic heterocycles. The number of benzene rings is 1. The summed E-state index contributed by atoms with van der Waals surface area (Å²) < 4.78 is 15.8. The van der Waals surface area contributed by atoms with Crippen LogP contribution >= 0.6 is 11.8 Å². The summed E-state index contributed by atoms with van der Waals surface area (Å²) >= 11 is 0.760. The van der Waals surface area contributed by atoms with E-state index in [-0.39, 0.29) is 11.5 Å². The molecule has 0 saturated carbocycles. The number of carbonyl (C=O) groups is 3. The van der Waals surface area contributed by atoms with Crippen molar-refractivity contribution in [3.63, 3.8) is 0 Å². The van der Waals surface area contributed by atoms with E-state index in [1.807, 2.05) is 0 Å². The molecule has 2 rings (SSSR count). The van der Waals surface area contributed by atoms with Gasteiger partial charge in [-0.25, -0.2) is 0 Å². The van der Waals surface area contributed by atoms with Crippen LogP contribution in [0.25, 0.3) is 6.08 Å². The lowest BCUT2D eigenvalue weighted by molar-refractivity contribution is -0.156. The van der Waals surface area contributed by atoms with E-state index in [4.69, 9.17) is 20.6 Å². The van der Waals surface area contributed by atoms with Crippen LogP contribution in [-0.2, 0) is 14.3 Å². The van der Waals surface area contributed by atoms with E-state index >= 15 is 0 Å². The smallest absolute Gasteiger partial charge is 0.326 e. The number of carbonyl (C=O) groups excluding carboxylic acids is 3. The van der Waals surface area contributed by atoms with Crippen LogP contribution in [0.5, 0.6) is 11.5 Å². The largest absolute Gasteiger partial charge is 0.493 e. The highest BCUT2D eigenvalue weighted by Crippen LogP contribution is 2.34. The summed E-state index contributed by atoms with van der Waals surface area (Å²) in [5.41, 5.74) is -0.0678. The third-order valence-electron chi connectivity index (χ3n) is 3.38. The van der Waals surface area contributed by atoms with Gasteiger partial charge in [-0.15, -0.1) is 6.42 Å². The molecule has 8 heteroatoms. The van der Waals surface area contributed by atoms with E-state index in [0.29, 0.717) is 17.1 Å². The second-order valence-electron chi connectivity index (χ2n) is 6.76. The fourth-order valence-corrected chi connectivity index (χ4v) is 3.14. The van der Waals surface area contributed by atoms with Crippen molar-refractivity contribution < 1.29 is 28.6 Å². The summed E-state index contributed by atoms with van der Waals surface area (Å²) in [4.78, 5) is 37.7. The molecule has 7 nitrogen and oxygen atoms in total. The molecule has 28 heavy (non-hydrogen) atoms. The topological polar surface area (TPSA) is 82.1 Å². The molecule has 0 spiro atoms. The maximum atomic E-state index is 12.5. The predicted molar refractivity (Wildman–Crippen MR) is 106 cm³/mol. The number of hydrogen-bond donors (Lipinski definition) is 0. The zero-order chi connectivity index (χ0) is 20.9. The number of esters is 1. The third-order valence-corrected chi connectivity index (χ3v) is 4.28. The number of methoxy groups -OCH3 is 1. The zero-order valence-electron chi connectivity index (χ0n) is 16.1. The van der Waals surface area contributed by atoms with Gasteiger partial charge in [0.1, 0.15) is 18.8 Å². The summed E-state index contributed by atoms with van der Waals surface area (Å²) in [5, 5.41) is -0.525. The van der Waals surface area contributed by atoms with Crippen molar-refractivity contribution >= 4 is 35.0 Å². The van der Waals surface area contributed by atoms with Crippen LogP contribution in [0.15, 0.2) is 23.1 Å². The Morgan fingerprint density at radius 2 is 2.00 bits per heavy atom. The number of thioether (sulfide) groups is 1. The molecule has 0 aliphatic carbocycles. The minimum Gasteiger partial charge on any atom is -0.493 e. The standard InChI is InChI=1S/C20H21NO6S/c1-6-9-26-14-8-7-13(10-15(14)25-5)11-16-18(23)21(19(24)28-16)12-17(22)27-20(2,3)4/h1,7-8,10-11H,9,12H2,2-5H3/b16-11-. The number of imide groups is 1. The maximum Gasteiger partial charge on any atom is 0.326 e. The second-order valence-corrected chi connectivity index (χ2v) is 7.75. The molecule has 1 saturated heterocycles. The highest BCUT2D eigenvalue weighted by atomic mass is 32.2. The predicted octanol–water partition coefficient (Wildman–Crippen LogP) is 3.09. The normalized spacial score (nSPS) is 15.5. The summed E-state index contributed by atoms with van der Waals surface area (Å²) in [6.45, 7) is 4.80. The van der Waals surface area contributed by atoms with Crippen LogP contribution in [0.4, 0.5) is 4.79 Å². The SMILES string of the molecule is C#CCOc1ccc(/C=C2\SC(=O)N(CC(=O)OC(C)(C)C)C2=O)cc1OC. The van der Waals surface area contributed by atoms with Gasteiger partial charge < -0.3 is 14.2 Å². The Balaban J connectivity index is 2.17. The average molecular weight is 403 g/mol. The monoisotopic (exact) mass is 403 g/mol. The molecule has 1 aliphatic rings. The molecule has 0 unspecified atom stereocenters. The molecule has 148 valence electrons. The quantitative estimate of drug-likeness (QED) is 0.410. The van der Waals surface area contributed by atoms with E-state index in [9.17, 15) is 14.4 Å². The van der Waals surface area contributed by atoms with Crippen molar-refractivity contribution in [1.82, 2.24) is 4.90 Å². The van der Waals surface area contributed by atoms with Gasteiger partial charge >= 0.3 is 5.97 Å². The Morgan fingerprint density at radius 1 is 1.29 bits per heavy atom. The molecule has 1 aliphatic heterocycles. The van der Waals surface area contributed by atoms with Crippen molar-refractivity contribution in [2.75, 3.05) is 20.3 Å². The fourth-order valence-electron chi connectivity index (χ4n) is 2.30. The number of terminal acetylenes is 1. The molecule has 2 amide bonds. The van der Waals surface area contributed by atoms with Crippen molar-refractivity contribution in [2.24, 2.45) is 0 Å². The van der Waals surface area contributed by atoms with Crippen molar-refractivity contribution in [1.29, 1.82) is 0 Å². The van der Waals surface area contributed by atoms with E-state index in [1.54, 1.807) is 45.0 Å². The summed E-state index contributed by atoms with van der Waals surface area (Å²) in [6, 6.07) is 5.02. The molecule has 0 radical (unpaired) electrons. The van der Waals surface area contributed by atoms with Crippen LogP contribution in [0.1, 0.15) is 26.3 Å². The summed E-state index contributed by atoms with van der Waals surface area (Å²) in [6.07, 6.45) is 6.73. The van der Waals surface area contributed by atoms with Crippen LogP contribution in [-0.4, -0.2) is 47.9 Å². The van der Waals surface area contributed by atoms with Gasteiger partial charge in [0, 0.05) is 0 Å². The van der Waals surface area contributed by atoms with Gasteiger partial charge in [-0.1, -0.05) is 12.0 Å². The number of nitrogens with zero attached hydrogens (tertiary/aromatic N) is 1. The summed E-state index contributed by atoms with van der Waals surface area (Å²) in [7, 11) is 1.48. The number of rotatable bonds is 6. The third kappa shape index (κ3) is 5.54. The Hall–Kier alpha value is -2.92. The molecular weight excluding hydrogens is 382 g/mol. The molecule has 0 bridgehead atoms. The minimum atomic E-state index is -0.700. The highest BCUT2D eigenvalue weighted by Gasteiger charge is 2.37. The second kappa shape index (κ2) is 8.85. The molecular formula is C20H21NO6S. The Kier molecular flexibility index (Phi) is 6.75. The Bertz CT molecular complexity index is 862. The Labute approximate surface area is 168 Å². The number of ether oxygens (including phenoxy) is 3. The van der Waals surface area contributed by atoms with Crippen LogP contribution in [0.3, 0.4) is 0 Å². The van der Waals surface area contributed by atoms with Crippen molar-refractivity contribution in [3.05, 3.63) is 28.7 Å². The van der Waals surface area contributed by atoms with E-state index in [0.717, 1.165) is 16.7 Å². The first-order valence-corrected chi connectivity index (χ1v) is 9.18. The van der Waals surface area contributed by atoms with Crippen LogP contribution in [0, 0.1) is 12.3 Å². The highest BCUT2D eigenvalue weighted by molar-refractivity contribution is 8.18. The molecule has 1 heterocycles. The van der Waals surface area contributed by atoms with Gasteiger partial charge in [0.25, 0.3) is 11.1 Å². The van der Waals surface area contributed by atoms with Gasteiger partial charge in [-0.3, -0.25) is 19.3 Å². The molecule has 1 fully saturated rings. The molecule has 1 aromatic carbocycles. The minimum absolute atomic E-state index is 0.0965. The molecule has 0 N–H and O–H groups in total. The molecule has 0 atom stereocenters. The lowest BCUT2D eigenvalue weighted by Crippen LogP contribution is -2.37. The summed E-state index contributed by atoms with van der Waals surface area (Å²) in [5.74, 6) is 2.08. The van der Waals surface area contributed by atoms with Crippen molar-refractivity contribution in [3.8, 4) is 23.8 Å². The lowest BCUT2D eigenvalue weighted by Gasteiger charge is -2.21. The first-order chi connectivity index (χ1) is 13.1. The van der Waals surface area contributed by atoms with Gasteiger partial charge in [0.2, 0.25) is 0 Å². The fraction of sp³-hybridized carbons (Fsp3) is 0.350. The Morgan fingerprint density at radius 3 is 2.61 bits per heavy atom. The average Bonchev–Trinajstić information content (AvgIpc) is 2.86. The number of amides is 2. The first-order valence-electron chi connectivity index (χ1n) is 8.36. The zero-order valence-corrected chi connectivity index (χ0v) is 16.9. The van der Waals surface area contributed by atoms with Gasteiger partial charge in [-0.05, 0) is 56.3 Å². The van der Waals surface area contributed by atoms with Gasteiger partial charge in [0.05, 0.1) is 12.0 Å². The van der Waals surface area contributed by atoms with E-state index in [2.05, 4.69) is 5.92 Å². The van der Waals surface area contributed by atoms with Crippen molar-refractivity contribution in [2.45, 2.75) is 26.4 Å². The van der Waals surface area contributed by atoms with E-state index < -0.39 is 29.3 Å². The van der Waals surface area contributed by atoms with Crippen LogP contribution in [0.2, 0.25) is 0 Å². The maximum absolute atomic E-state index is 12.5. The first kappa shape index (κ1) is 21.4.